The topological polar surface area (TPSA) is 104 Å². The zero-order valence-corrected chi connectivity index (χ0v) is 15.8. The Labute approximate surface area is 154 Å². The van der Waals surface area contributed by atoms with E-state index >= 15 is 0 Å². The van der Waals surface area contributed by atoms with Crippen molar-refractivity contribution in [1.29, 1.82) is 0 Å². The Morgan fingerprint density at radius 1 is 0.778 bits per heavy atom. The van der Waals surface area contributed by atoms with Crippen molar-refractivity contribution in [2.75, 3.05) is 24.1 Å². The molecule has 0 aliphatic rings. The Morgan fingerprint density at radius 3 is 1.81 bits per heavy atom. The number of hydrogen-bond donors (Lipinski definition) is 3. The quantitative estimate of drug-likeness (QED) is 0.662. The van der Waals surface area contributed by atoms with Crippen LogP contribution in [-0.2, 0) is 26.2 Å². The first-order valence-corrected chi connectivity index (χ1v) is 10.3. The van der Waals surface area contributed by atoms with Crippen LogP contribution in [0.5, 0.6) is 0 Å². The van der Waals surface area contributed by atoms with Crippen molar-refractivity contribution < 1.29 is 30.0 Å². The minimum atomic E-state index is -4.59. The van der Waals surface area contributed by atoms with Crippen molar-refractivity contribution in [2.45, 2.75) is 16.0 Å². The maximum absolute atomic E-state index is 12.6. The molecule has 27 heavy (non-hydrogen) atoms. The van der Waals surface area contributed by atoms with Gasteiger partial charge in [0.25, 0.3) is 10.0 Å². The van der Waals surface area contributed by atoms with E-state index in [1.54, 1.807) is 0 Å². The largest absolute Gasteiger partial charge is 0.416 e. The van der Waals surface area contributed by atoms with Crippen molar-refractivity contribution in [3.63, 3.8) is 0 Å². The molecule has 0 aliphatic carbocycles. The van der Waals surface area contributed by atoms with Crippen LogP contribution in [0.4, 0.5) is 24.5 Å². The van der Waals surface area contributed by atoms with Gasteiger partial charge in [0.15, 0.2) is 0 Å². The summed E-state index contributed by atoms with van der Waals surface area (Å²) in [5, 5.41) is 2.70. The van der Waals surface area contributed by atoms with Gasteiger partial charge in [-0.1, -0.05) is 0 Å². The van der Waals surface area contributed by atoms with Crippen molar-refractivity contribution in [1.82, 2.24) is 4.72 Å². The Balaban J connectivity index is 2.44. The van der Waals surface area contributed by atoms with Gasteiger partial charge in [0.1, 0.15) is 0 Å². The fourth-order valence-corrected chi connectivity index (χ4v) is 3.96. The SMILES string of the molecule is CNc1ccc(S(=O)(=O)NC)cc1NS(=O)(=O)c1ccc(C(F)(F)F)cc1. The zero-order valence-electron chi connectivity index (χ0n) is 14.1. The maximum Gasteiger partial charge on any atom is 0.416 e. The Kier molecular flexibility index (Phi) is 5.73. The number of benzene rings is 2. The average molecular weight is 423 g/mol. The highest BCUT2D eigenvalue weighted by molar-refractivity contribution is 7.92. The van der Waals surface area contributed by atoms with Gasteiger partial charge in [0.2, 0.25) is 10.0 Å². The summed E-state index contributed by atoms with van der Waals surface area (Å²) in [5.74, 6) is 0. The smallest absolute Gasteiger partial charge is 0.386 e. The summed E-state index contributed by atoms with van der Waals surface area (Å²) < 4.78 is 90.9. The molecule has 0 aliphatic heterocycles. The summed E-state index contributed by atoms with van der Waals surface area (Å²) in [7, 11) is -5.38. The molecule has 0 heterocycles. The number of anilines is 2. The van der Waals surface area contributed by atoms with Gasteiger partial charge in [-0.15, -0.1) is 0 Å². The maximum atomic E-state index is 12.6. The monoisotopic (exact) mass is 423 g/mol. The first-order valence-electron chi connectivity index (χ1n) is 7.36. The van der Waals surface area contributed by atoms with Gasteiger partial charge >= 0.3 is 6.18 Å². The molecule has 0 unspecified atom stereocenters. The van der Waals surface area contributed by atoms with Gasteiger partial charge in [-0.2, -0.15) is 13.2 Å². The summed E-state index contributed by atoms with van der Waals surface area (Å²) in [4.78, 5) is -0.589. The second kappa shape index (κ2) is 7.37. The third-order valence-corrected chi connectivity index (χ3v) is 6.37. The summed E-state index contributed by atoms with van der Waals surface area (Å²) >= 11 is 0. The molecular weight excluding hydrogens is 407 g/mol. The third-order valence-electron chi connectivity index (χ3n) is 3.58. The third kappa shape index (κ3) is 4.70. The molecule has 0 atom stereocenters. The Morgan fingerprint density at radius 2 is 1.33 bits per heavy atom. The molecule has 0 aromatic heterocycles. The lowest BCUT2D eigenvalue weighted by Crippen LogP contribution is -2.20. The van der Waals surface area contributed by atoms with Crippen molar-refractivity contribution in [3.05, 3.63) is 48.0 Å². The lowest BCUT2D eigenvalue weighted by atomic mass is 10.2. The van der Waals surface area contributed by atoms with Gasteiger partial charge in [0, 0.05) is 7.05 Å². The van der Waals surface area contributed by atoms with Crippen molar-refractivity contribution >= 4 is 31.4 Å². The van der Waals surface area contributed by atoms with Crippen LogP contribution in [0.1, 0.15) is 5.56 Å². The van der Waals surface area contributed by atoms with E-state index in [9.17, 15) is 30.0 Å². The predicted molar refractivity (Wildman–Crippen MR) is 94.5 cm³/mol. The minimum Gasteiger partial charge on any atom is -0.386 e. The van der Waals surface area contributed by atoms with E-state index in [2.05, 4.69) is 14.8 Å². The number of nitrogens with one attached hydrogen (secondary N) is 3. The van der Waals surface area contributed by atoms with Gasteiger partial charge in [-0.25, -0.2) is 21.6 Å². The van der Waals surface area contributed by atoms with Crippen LogP contribution in [-0.4, -0.2) is 30.9 Å². The Hall–Kier alpha value is -2.31. The summed E-state index contributed by atoms with van der Waals surface area (Å²) in [5.41, 5.74) is -0.784. The van der Waals surface area contributed by atoms with Crippen LogP contribution in [0.3, 0.4) is 0 Å². The molecule has 0 amide bonds. The van der Waals surface area contributed by atoms with Crippen LogP contribution in [0.25, 0.3) is 0 Å². The standard InChI is InChI=1S/C15H16F3N3O4S2/c1-19-13-8-7-12(26(22,23)20-2)9-14(13)21-27(24,25)11-5-3-10(4-6-11)15(16,17)18/h3-9,19-21H,1-2H3. The highest BCUT2D eigenvalue weighted by Crippen LogP contribution is 2.31. The van der Waals surface area contributed by atoms with E-state index in [1.165, 1.54) is 26.2 Å². The van der Waals surface area contributed by atoms with Gasteiger partial charge in [-0.05, 0) is 49.5 Å². The first kappa shape index (κ1) is 21.0. The predicted octanol–water partition coefficient (Wildman–Crippen LogP) is 2.46. The number of sulfonamides is 2. The molecular formula is C15H16F3N3O4S2. The van der Waals surface area contributed by atoms with Crippen LogP contribution in [0, 0.1) is 0 Å². The molecule has 7 nitrogen and oxygen atoms in total. The highest BCUT2D eigenvalue weighted by atomic mass is 32.2. The molecule has 0 fully saturated rings. The molecule has 2 rings (SSSR count). The molecule has 0 spiro atoms. The van der Waals surface area contributed by atoms with Gasteiger partial charge in [0.05, 0.1) is 26.7 Å². The molecule has 148 valence electrons. The highest BCUT2D eigenvalue weighted by Gasteiger charge is 2.30. The van der Waals surface area contributed by atoms with Crippen LogP contribution >= 0.6 is 0 Å². The molecule has 2 aromatic carbocycles. The van der Waals surface area contributed by atoms with Gasteiger partial charge in [-0.3, -0.25) is 4.72 Å². The second-order valence-electron chi connectivity index (χ2n) is 5.29. The van der Waals surface area contributed by atoms with E-state index < -0.39 is 36.7 Å². The number of alkyl halides is 3. The summed E-state index contributed by atoms with van der Waals surface area (Å²) in [6, 6.07) is 6.66. The minimum absolute atomic E-state index is 0.0753. The molecule has 2 aromatic rings. The van der Waals surface area contributed by atoms with E-state index in [4.69, 9.17) is 0 Å². The van der Waals surface area contributed by atoms with Crippen LogP contribution in [0.15, 0.2) is 52.3 Å². The van der Waals surface area contributed by atoms with Crippen molar-refractivity contribution in [2.24, 2.45) is 0 Å². The molecule has 3 N–H and O–H groups in total. The Bertz CT molecular complexity index is 1030. The molecule has 0 saturated heterocycles. The van der Waals surface area contributed by atoms with Crippen molar-refractivity contribution in [3.8, 4) is 0 Å². The second-order valence-corrected chi connectivity index (χ2v) is 8.86. The zero-order chi connectivity index (χ0) is 20.5. The van der Waals surface area contributed by atoms with E-state index in [0.29, 0.717) is 12.1 Å². The normalized spacial score (nSPS) is 12.6. The molecule has 12 heteroatoms. The lowest BCUT2D eigenvalue weighted by Gasteiger charge is -2.14. The van der Waals surface area contributed by atoms with E-state index in [-0.39, 0.29) is 16.3 Å². The van der Waals surface area contributed by atoms with E-state index in [0.717, 1.165) is 18.2 Å². The molecule has 0 radical (unpaired) electrons. The molecule has 0 saturated carbocycles. The molecule has 0 bridgehead atoms. The number of rotatable bonds is 6. The van der Waals surface area contributed by atoms with E-state index in [1.807, 2.05) is 0 Å². The number of halogens is 3. The summed E-state index contributed by atoms with van der Waals surface area (Å²) in [6.07, 6.45) is -4.59. The van der Waals surface area contributed by atoms with Crippen LogP contribution in [0.2, 0.25) is 0 Å². The summed E-state index contributed by atoms with van der Waals surface area (Å²) in [6.45, 7) is 0. The number of hydrogen-bond acceptors (Lipinski definition) is 5. The lowest BCUT2D eigenvalue weighted by molar-refractivity contribution is -0.137. The van der Waals surface area contributed by atoms with Crippen LogP contribution < -0.4 is 14.8 Å². The average Bonchev–Trinajstić information content (AvgIpc) is 2.60. The first-order chi connectivity index (χ1) is 12.4. The fraction of sp³-hybridized carbons (Fsp3) is 0.200. The van der Waals surface area contributed by atoms with Gasteiger partial charge < -0.3 is 5.32 Å². The fourth-order valence-electron chi connectivity index (χ4n) is 2.14.